The highest BCUT2D eigenvalue weighted by Crippen LogP contribution is 2.31. The molecule has 1 saturated heterocycles. The maximum absolute atomic E-state index is 10.2. The van der Waals surface area contributed by atoms with E-state index in [0.29, 0.717) is 23.4 Å². The summed E-state index contributed by atoms with van der Waals surface area (Å²) in [5.74, 6) is 0.328. The zero-order valence-corrected chi connectivity index (χ0v) is 14.5. The van der Waals surface area contributed by atoms with Gasteiger partial charge in [-0.15, -0.1) is 0 Å². The highest BCUT2D eigenvalue weighted by Gasteiger charge is 2.36. The van der Waals surface area contributed by atoms with Crippen LogP contribution in [0.4, 0.5) is 5.82 Å². The molecule has 2 aromatic heterocycles. The van der Waals surface area contributed by atoms with E-state index in [-0.39, 0.29) is 12.8 Å². The molecular weight excluding hydrogens is 324 g/mol. The standard InChI is InChI=1S/C16H26N6O3/c1-2-3-4-5-6-21-24-8-12-11(23)7-13(25-12)22-10-20-14-15(17)18-9-19-16(14)22/h9-13,21,23H,2-8H2,1H3,(H2,17,18,19)/t11-,12+,13+/m0/s1. The van der Waals surface area contributed by atoms with Crippen molar-refractivity contribution in [3.05, 3.63) is 12.7 Å². The summed E-state index contributed by atoms with van der Waals surface area (Å²) in [5, 5.41) is 10.2. The Morgan fingerprint density at radius 2 is 2.24 bits per heavy atom. The van der Waals surface area contributed by atoms with Crippen LogP contribution < -0.4 is 11.2 Å². The SMILES string of the molecule is CCCCCCNOC[C@H]1O[C@@H](n2cnc3c(N)ncnc32)C[C@@H]1O. The van der Waals surface area contributed by atoms with E-state index in [1.54, 1.807) is 10.9 Å². The van der Waals surface area contributed by atoms with Crippen LogP contribution in [0.2, 0.25) is 0 Å². The van der Waals surface area contributed by atoms with Crippen LogP contribution in [0, 0.1) is 0 Å². The van der Waals surface area contributed by atoms with Gasteiger partial charge in [-0.1, -0.05) is 26.2 Å². The monoisotopic (exact) mass is 350 g/mol. The molecule has 0 aliphatic carbocycles. The molecule has 4 N–H and O–H groups in total. The summed E-state index contributed by atoms with van der Waals surface area (Å²) in [6.07, 6.45) is 6.81. The number of ether oxygens (including phenoxy) is 1. The number of hydrogen-bond donors (Lipinski definition) is 3. The molecule has 3 atom stereocenters. The summed E-state index contributed by atoms with van der Waals surface area (Å²) < 4.78 is 7.69. The lowest BCUT2D eigenvalue weighted by atomic mass is 10.2. The van der Waals surface area contributed by atoms with Gasteiger partial charge in [-0.05, 0) is 6.42 Å². The molecule has 1 aliphatic rings. The molecule has 3 rings (SSSR count). The number of hydroxylamine groups is 1. The summed E-state index contributed by atoms with van der Waals surface area (Å²) in [6.45, 7) is 3.27. The van der Waals surface area contributed by atoms with Gasteiger partial charge in [0.15, 0.2) is 11.5 Å². The molecule has 9 nitrogen and oxygen atoms in total. The van der Waals surface area contributed by atoms with Gasteiger partial charge in [-0.3, -0.25) is 9.40 Å². The molecule has 9 heteroatoms. The molecule has 25 heavy (non-hydrogen) atoms. The third-order valence-corrected chi connectivity index (χ3v) is 4.38. The number of unbranched alkanes of at least 4 members (excludes halogenated alkanes) is 3. The number of aliphatic hydroxyl groups excluding tert-OH is 1. The third kappa shape index (κ3) is 4.24. The number of imidazole rings is 1. The summed E-state index contributed by atoms with van der Waals surface area (Å²) in [6, 6.07) is 0. The number of nitrogens with one attached hydrogen (secondary N) is 1. The summed E-state index contributed by atoms with van der Waals surface area (Å²) in [7, 11) is 0. The maximum atomic E-state index is 10.2. The van der Waals surface area contributed by atoms with E-state index in [9.17, 15) is 5.11 Å². The second-order valence-corrected chi connectivity index (χ2v) is 6.28. The van der Waals surface area contributed by atoms with Crippen molar-refractivity contribution in [3.8, 4) is 0 Å². The van der Waals surface area contributed by atoms with Crippen molar-refractivity contribution in [2.24, 2.45) is 0 Å². The van der Waals surface area contributed by atoms with Crippen molar-refractivity contribution in [1.29, 1.82) is 0 Å². The Hall–Kier alpha value is -1.81. The Bertz CT molecular complexity index is 679. The molecule has 0 unspecified atom stereocenters. The van der Waals surface area contributed by atoms with E-state index in [1.165, 1.54) is 25.6 Å². The summed E-state index contributed by atoms with van der Waals surface area (Å²) >= 11 is 0. The van der Waals surface area contributed by atoms with E-state index in [1.807, 2.05) is 0 Å². The Kier molecular flexibility index (Phi) is 6.14. The van der Waals surface area contributed by atoms with Gasteiger partial charge in [-0.2, -0.15) is 0 Å². The minimum absolute atomic E-state index is 0.287. The first-order valence-electron chi connectivity index (χ1n) is 8.82. The number of fused-ring (bicyclic) bond motifs is 1. The topological polar surface area (TPSA) is 120 Å². The number of nitrogens with zero attached hydrogens (tertiary/aromatic N) is 4. The summed E-state index contributed by atoms with van der Waals surface area (Å²) in [5.41, 5.74) is 9.87. The van der Waals surface area contributed by atoms with Gasteiger partial charge < -0.3 is 15.6 Å². The minimum atomic E-state index is -0.608. The van der Waals surface area contributed by atoms with Gasteiger partial charge in [0.05, 0.1) is 19.0 Å². The molecule has 3 heterocycles. The normalized spacial score (nSPS) is 23.5. The van der Waals surface area contributed by atoms with Crippen molar-refractivity contribution in [3.63, 3.8) is 0 Å². The molecule has 2 aromatic rings. The first-order chi connectivity index (χ1) is 12.2. The summed E-state index contributed by atoms with van der Waals surface area (Å²) in [4.78, 5) is 17.8. The molecule has 0 bridgehead atoms. The zero-order valence-electron chi connectivity index (χ0n) is 14.5. The predicted molar refractivity (Wildman–Crippen MR) is 92.4 cm³/mol. The lowest BCUT2D eigenvalue weighted by Gasteiger charge is -2.16. The van der Waals surface area contributed by atoms with Crippen molar-refractivity contribution < 1.29 is 14.7 Å². The fourth-order valence-electron chi connectivity index (χ4n) is 2.95. The molecule has 0 spiro atoms. The van der Waals surface area contributed by atoms with Crippen LogP contribution in [0.1, 0.15) is 45.3 Å². The number of hydrogen-bond acceptors (Lipinski definition) is 8. The molecule has 0 radical (unpaired) electrons. The quantitative estimate of drug-likeness (QED) is 0.455. The Labute approximate surface area is 146 Å². The van der Waals surface area contributed by atoms with E-state index in [4.69, 9.17) is 15.3 Å². The number of rotatable bonds is 9. The second kappa shape index (κ2) is 8.52. The molecule has 1 aliphatic heterocycles. The maximum Gasteiger partial charge on any atom is 0.167 e. The predicted octanol–water partition coefficient (Wildman–Crippen LogP) is 1.16. The zero-order chi connectivity index (χ0) is 17.6. The van der Waals surface area contributed by atoms with Gasteiger partial charge in [-0.25, -0.2) is 20.4 Å². The van der Waals surface area contributed by atoms with Gasteiger partial charge in [0.2, 0.25) is 0 Å². The van der Waals surface area contributed by atoms with Crippen LogP contribution >= 0.6 is 0 Å². The number of aromatic nitrogens is 4. The van der Waals surface area contributed by atoms with Crippen LogP contribution in [-0.2, 0) is 9.57 Å². The van der Waals surface area contributed by atoms with Crippen LogP contribution in [0.5, 0.6) is 0 Å². The number of anilines is 1. The van der Waals surface area contributed by atoms with Crippen LogP contribution in [-0.4, -0.2) is 50.0 Å². The van der Waals surface area contributed by atoms with Crippen molar-refractivity contribution in [1.82, 2.24) is 25.0 Å². The lowest BCUT2D eigenvalue weighted by Crippen LogP contribution is -2.30. The van der Waals surface area contributed by atoms with E-state index >= 15 is 0 Å². The Morgan fingerprint density at radius 1 is 1.36 bits per heavy atom. The van der Waals surface area contributed by atoms with E-state index in [2.05, 4.69) is 27.4 Å². The molecule has 0 aromatic carbocycles. The van der Waals surface area contributed by atoms with E-state index < -0.39 is 12.2 Å². The highest BCUT2D eigenvalue weighted by molar-refractivity contribution is 5.81. The minimum Gasteiger partial charge on any atom is -0.390 e. The second-order valence-electron chi connectivity index (χ2n) is 6.28. The molecular formula is C16H26N6O3. The van der Waals surface area contributed by atoms with Crippen LogP contribution in [0.25, 0.3) is 11.2 Å². The molecule has 138 valence electrons. The smallest absolute Gasteiger partial charge is 0.167 e. The first kappa shape index (κ1) is 18.0. The van der Waals surface area contributed by atoms with Crippen LogP contribution in [0.15, 0.2) is 12.7 Å². The van der Waals surface area contributed by atoms with Crippen molar-refractivity contribution in [2.45, 2.75) is 57.5 Å². The Balaban J connectivity index is 1.50. The molecule has 0 amide bonds. The number of nitrogens with two attached hydrogens (primary N) is 1. The average Bonchev–Trinajstić information content (AvgIpc) is 3.19. The van der Waals surface area contributed by atoms with Gasteiger partial charge in [0.1, 0.15) is 24.2 Å². The third-order valence-electron chi connectivity index (χ3n) is 4.38. The van der Waals surface area contributed by atoms with Crippen molar-refractivity contribution in [2.75, 3.05) is 18.9 Å². The van der Waals surface area contributed by atoms with Gasteiger partial charge in [0.25, 0.3) is 0 Å². The number of nitrogen functional groups attached to an aromatic ring is 1. The fraction of sp³-hybridized carbons (Fsp3) is 0.688. The van der Waals surface area contributed by atoms with Crippen LogP contribution in [0.3, 0.4) is 0 Å². The average molecular weight is 350 g/mol. The fourth-order valence-corrected chi connectivity index (χ4v) is 2.95. The van der Waals surface area contributed by atoms with Gasteiger partial charge in [0, 0.05) is 13.0 Å². The Morgan fingerprint density at radius 3 is 3.08 bits per heavy atom. The lowest BCUT2D eigenvalue weighted by molar-refractivity contribution is -0.0843. The largest absolute Gasteiger partial charge is 0.390 e. The molecule has 1 fully saturated rings. The van der Waals surface area contributed by atoms with Crippen molar-refractivity contribution >= 4 is 17.0 Å². The van der Waals surface area contributed by atoms with E-state index in [0.717, 1.165) is 13.0 Å². The molecule has 0 saturated carbocycles. The number of aliphatic hydroxyl groups is 1. The first-order valence-corrected chi connectivity index (χ1v) is 8.82. The van der Waals surface area contributed by atoms with Gasteiger partial charge >= 0.3 is 0 Å². The highest BCUT2D eigenvalue weighted by atomic mass is 16.7.